The van der Waals surface area contributed by atoms with E-state index < -0.39 is 23.7 Å². The van der Waals surface area contributed by atoms with Crippen molar-refractivity contribution in [3.63, 3.8) is 0 Å². The fourth-order valence-corrected chi connectivity index (χ4v) is 0. The van der Waals surface area contributed by atoms with Gasteiger partial charge >= 0.3 is 137 Å². The van der Waals surface area contributed by atoms with Crippen LogP contribution >= 0.6 is 23.7 Å². The van der Waals surface area contributed by atoms with Gasteiger partial charge in [0.2, 0.25) is 0 Å². The molecule has 0 aromatic rings. The molecular weight excluding hydrogens is 538 g/mol. The first kappa shape index (κ1) is 56.3. The molecular formula is H2Al2F3Fe2K2O9P3. The summed E-state index contributed by atoms with van der Waals surface area (Å²) in [4.78, 5) is 50.6. The van der Waals surface area contributed by atoms with Gasteiger partial charge in [-0.05, 0) is 0 Å². The molecule has 21 heteroatoms. The largest absolute Gasteiger partial charge is 3.00 e. The Balaban J connectivity index is -0.00000000889. The van der Waals surface area contributed by atoms with Crippen molar-refractivity contribution >= 4 is 58.4 Å². The van der Waals surface area contributed by atoms with Crippen molar-refractivity contribution < 1.29 is 195 Å². The summed E-state index contributed by atoms with van der Waals surface area (Å²) in [5.41, 5.74) is 0. The van der Waals surface area contributed by atoms with E-state index in [4.69, 9.17) is 43.1 Å². The van der Waals surface area contributed by atoms with Crippen LogP contribution in [0.15, 0.2) is 0 Å². The van der Waals surface area contributed by atoms with Crippen LogP contribution < -0.4 is 132 Å². The van der Waals surface area contributed by atoms with Crippen LogP contribution in [0, 0.1) is 0 Å². The Bertz CT molecular complexity index is 244. The first-order valence-corrected chi connectivity index (χ1v) is 6.45. The topological polar surface area (TPSA) is 190 Å². The fraction of sp³-hybridized carbons (Fsp3) is 0. The molecule has 0 fully saturated rings. The van der Waals surface area contributed by atoms with Crippen LogP contribution in [0.25, 0.3) is 0 Å². The minimum Gasteiger partial charge on any atom is -1.00 e. The summed E-state index contributed by atoms with van der Waals surface area (Å²) >= 11 is 0. The Morgan fingerprint density at radius 3 is 0.571 bits per heavy atom. The van der Waals surface area contributed by atoms with Gasteiger partial charge in [0.15, 0.2) is 0 Å². The second-order valence-corrected chi connectivity index (χ2v) is 3.88. The van der Waals surface area contributed by atoms with E-state index in [0.29, 0.717) is 0 Å². The van der Waals surface area contributed by atoms with Crippen LogP contribution in [0.5, 0.6) is 0 Å². The van der Waals surface area contributed by atoms with Gasteiger partial charge in [-0.25, -0.2) is 12.6 Å². The molecule has 0 aliphatic rings. The molecule has 21 heavy (non-hydrogen) atoms. The molecule has 116 valence electrons. The smallest absolute Gasteiger partial charge is 1.00 e. The molecule has 0 atom stereocenters. The molecule has 0 saturated carbocycles. The zero-order valence-electron chi connectivity index (χ0n) is 12.0. The maximum Gasteiger partial charge on any atom is 3.00 e. The fourth-order valence-electron chi connectivity index (χ4n) is 0. The van der Waals surface area contributed by atoms with E-state index in [1.54, 1.807) is 0 Å². The van der Waals surface area contributed by atoms with Gasteiger partial charge in [0.25, 0.3) is 0 Å². The first-order chi connectivity index (χ1) is 6.00. The zero-order valence-corrected chi connectivity index (χ0v) is 23.5. The number of halogens is 3. The van der Waals surface area contributed by atoms with Crippen LogP contribution in [-0.2, 0) is 47.8 Å². The molecule has 0 aliphatic carbocycles. The molecule has 0 aromatic heterocycles. The van der Waals surface area contributed by atoms with Gasteiger partial charge in [-0.2, -0.15) is 0 Å². The summed E-state index contributed by atoms with van der Waals surface area (Å²) in [7, 11) is -16.9. The number of hydrogen-bond donors (Lipinski definition) is 0. The van der Waals surface area contributed by atoms with Crippen LogP contribution in [0.3, 0.4) is 0 Å². The van der Waals surface area contributed by atoms with Gasteiger partial charge in [-0.3, -0.25) is 0 Å². The first-order valence-electron chi connectivity index (χ1n) is 2.15. The Kier molecular flexibility index (Phi) is 74.6. The SMILES string of the molecule is O=P([O-])([O-])F.O=P([O-])([O-])F.O=P([O-])([O-])F.[Al].[Al].[Fe+3].[Fe+3].[H-].[H-].[K+].[K+]. The molecule has 0 spiro atoms. The molecule has 0 aliphatic heterocycles. The third-order valence-electron chi connectivity index (χ3n) is 0. The van der Waals surface area contributed by atoms with Crippen molar-refractivity contribution in [1.82, 2.24) is 0 Å². The molecule has 0 bridgehead atoms. The van der Waals surface area contributed by atoms with E-state index in [0.717, 1.165) is 0 Å². The van der Waals surface area contributed by atoms with Gasteiger partial charge in [0.1, 0.15) is 23.7 Å². The summed E-state index contributed by atoms with van der Waals surface area (Å²) in [6, 6.07) is 0. The third-order valence-corrected chi connectivity index (χ3v) is 0. The molecule has 0 heterocycles. The van der Waals surface area contributed by atoms with Crippen molar-refractivity contribution in [2.24, 2.45) is 0 Å². The number of rotatable bonds is 0. The molecule has 0 rings (SSSR count). The predicted molar refractivity (Wildman–Crippen MR) is 39.9 cm³/mol. The monoisotopic (exact) mass is 540 g/mol. The molecule has 0 amide bonds. The number of hydrogen-bond acceptors (Lipinski definition) is 9. The Labute approximate surface area is 248 Å². The van der Waals surface area contributed by atoms with Crippen molar-refractivity contribution in [1.29, 1.82) is 0 Å². The normalized spacial score (nSPS) is 8.43. The van der Waals surface area contributed by atoms with Gasteiger partial charge in [0.05, 0.1) is 0 Å². The minimum atomic E-state index is -5.64. The Morgan fingerprint density at radius 1 is 0.571 bits per heavy atom. The standard InChI is InChI=1S/2Al.3FH2O3P.2Fe.2K.2H/c;;3*1-5(2,3)4;;;;;;/h;;3*(H2,2,3,4);;;;;;/q;;;;;2*+3;2*+1;2*-1/p-6. The summed E-state index contributed by atoms with van der Waals surface area (Å²) in [6.45, 7) is 0. The van der Waals surface area contributed by atoms with Crippen molar-refractivity contribution in [2.45, 2.75) is 0 Å². The molecule has 8 radical (unpaired) electrons. The van der Waals surface area contributed by atoms with Crippen molar-refractivity contribution in [3.8, 4) is 0 Å². The van der Waals surface area contributed by atoms with Gasteiger partial charge in [-0.1, -0.05) is 0 Å². The maximum absolute atomic E-state index is 10.1. The van der Waals surface area contributed by atoms with Crippen LogP contribution in [0.4, 0.5) is 12.6 Å². The van der Waals surface area contributed by atoms with E-state index in [2.05, 4.69) is 0 Å². The average molecular weight is 540 g/mol. The molecule has 0 aromatic carbocycles. The van der Waals surface area contributed by atoms with Crippen molar-refractivity contribution in [2.75, 3.05) is 0 Å². The summed E-state index contributed by atoms with van der Waals surface area (Å²) in [5, 5.41) is 0. The van der Waals surface area contributed by atoms with Gasteiger partial charge in [-0.15, -0.1) is 0 Å². The molecule has 0 unspecified atom stereocenters. The Hall–Kier alpha value is 5.62. The van der Waals surface area contributed by atoms with Crippen molar-refractivity contribution in [3.05, 3.63) is 0 Å². The van der Waals surface area contributed by atoms with Crippen LogP contribution in [0.1, 0.15) is 2.85 Å². The van der Waals surface area contributed by atoms with E-state index >= 15 is 0 Å². The summed E-state index contributed by atoms with van der Waals surface area (Å²) in [5.74, 6) is 0. The minimum absolute atomic E-state index is 0. The molecule has 9 nitrogen and oxygen atoms in total. The Morgan fingerprint density at radius 2 is 0.571 bits per heavy atom. The predicted octanol–water partition coefficient (Wildman–Crippen LogP) is -10.2. The van der Waals surface area contributed by atoms with E-state index in [-0.39, 0.29) is 174 Å². The molecule has 0 N–H and O–H groups in total. The van der Waals surface area contributed by atoms with Crippen LogP contribution in [-0.4, -0.2) is 34.7 Å². The summed E-state index contributed by atoms with van der Waals surface area (Å²) in [6.07, 6.45) is 0. The maximum atomic E-state index is 10.1. The van der Waals surface area contributed by atoms with Gasteiger partial charge in [0, 0.05) is 34.7 Å². The third kappa shape index (κ3) is 453. The van der Waals surface area contributed by atoms with E-state index in [9.17, 15) is 12.6 Å². The summed E-state index contributed by atoms with van der Waals surface area (Å²) < 4.78 is 55.7. The van der Waals surface area contributed by atoms with E-state index in [1.807, 2.05) is 0 Å². The second kappa shape index (κ2) is 27.8. The van der Waals surface area contributed by atoms with Crippen LogP contribution in [0.2, 0.25) is 0 Å². The second-order valence-electron chi connectivity index (χ2n) is 1.29. The molecule has 0 saturated heterocycles. The quantitative estimate of drug-likeness (QED) is 0.212. The average Bonchev–Trinajstić information content (AvgIpc) is 1.41. The van der Waals surface area contributed by atoms with E-state index in [1.165, 1.54) is 0 Å². The zero-order chi connectivity index (χ0) is 13.5. The van der Waals surface area contributed by atoms with Gasteiger partial charge < -0.3 is 45.9 Å².